The number of ether oxygens (including phenoxy) is 6. The predicted molar refractivity (Wildman–Crippen MR) is 130 cm³/mol. The number of benzene rings is 1. The van der Waals surface area contributed by atoms with Gasteiger partial charge in [0.2, 0.25) is 0 Å². The SMILES string of the molecule is COC(=O)c1cc(C(=O)OC)c(OCC(C)OCCC(C)C)cc1OCC(C)OCCC(C)C. The van der Waals surface area contributed by atoms with Crippen LogP contribution in [0.4, 0.5) is 0 Å². The van der Waals surface area contributed by atoms with E-state index in [1.54, 1.807) is 0 Å². The average Bonchev–Trinajstić information content (AvgIpc) is 2.79. The van der Waals surface area contributed by atoms with Gasteiger partial charge in [0.15, 0.2) is 0 Å². The highest BCUT2D eigenvalue weighted by atomic mass is 16.6. The molecule has 0 N–H and O–H groups in total. The summed E-state index contributed by atoms with van der Waals surface area (Å²) in [5, 5.41) is 0. The van der Waals surface area contributed by atoms with Crippen LogP contribution in [0.1, 0.15) is 75.1 Å². The second-order valence-corrected chi connectivity index (χ2v) is 9.18. The Hall–Kier alpha value is -2.32. The van der Waals surface area contributed by atoms with Crippen LogP contribution >= 0.6 is 0 Å². The third-order valence-corrected chi connectivity index (χ3v) is 5.03. The highest BCUT2D eigenvalue weighted by molar-refractivity contribution is 5.99. The van der Waals surface area contributed by atoms with Crippen LogP contribution < -0.4 is 9.47 Å². The maximum absolute atomic E-state index is 12.4. The number of carbonyl (C=O) groups is 2. The molecule has 8 nitrogen and oxygen atoms in total. The van der Waals surface area contributed by atoms with Gasteiger partial charge in [0.05, 0.1) is 26.4 Å². The van der Waals surface area contributed by atoms with Gasteiger partial charge in [0, 0.05) is 19.3 Å². The lowest BCUT2D eigenvalue weighted by Gasteiger charge is -2.20. The van der Waals surface area contributed by atoms with Crippen LogP contribution in [0.2, 0.25) is 0 Å². The Morgan fingerprint density at radius 3 is 1.38 bits per heavy atom. The maximum atomic E-state index is 12.4. The van der Waals surface area contributed by atoms with Gasteiger partial charge in [-0.05, 0) is 44.6 Å². The van der Waals surface area contributed by atoms with Crippen molar-refractivity contribution in [2.45, 2.75) is 66.6 Å². The summed E-state index contributed by atoms with van der Waals surface area (Å²) in [5.41, 5.74) is 0.205. The van der Waals surface area contributed by atoms with E-state index in [9.17, 15) is 9.59 Å². The first-order chi connectivity index (χ1) is 16.1. The smallest absolute Gasteiger partial charge is 0.341 e. The summed E-state index contributed by atoms with van der Waals surface area (Å²) in [7, 11) is 2.53. The van der Waals surface area contributed by atoms with Gasteiger partial charge in [-0.1, -0.05) is 27.7 Å². The Morgan fingerprint density at radius 2 is 1.06 bits per heavy atom. The van der Waals surface area contributed by atoms with Crippen LogP contribution in [0.15, 0.2) is 12.1 Å². The van der Waals surface area contributed by atoms with E-state index < -0.39 is 11.9 Å². The van der Waals surface area contributed by atoms with E-state index in [1.807, 2.05) is 13.8 Å². The van der Waals surface area contributed by atoms with Crippen LogP contribution in [-0.2, 0) is 18.9 Å². The largest absolute Gasteiger partial charge is 0.490 e. The number of hydrogen-bond donors (Lipinski definition) is 0. The number of hydrogen-bond acceptors (Lipinski definition) is 8. The number of carbonyl (C=O) groups excluding carboxylic acids is 2. The third-order valence-electron chi connectivity index (χ3n) is 5.03. The molecule has 0 saturated heterocycles. The molecule has 0 radical (unpaired) electrons. The Labute approximate surface area is 204 Å². The molecular weight excluding hydrogens is 440 g/mol. The highest BCUT2D eigenvalue weighted by Gasteiger charge is 2.23. The van der Waals surface area contributed by atoms with Crippen LogP contribution in [0.5, 0.6) is 11.5 Å². The summed E-state index contributed by atoms with van der Waals surface area (Å²) in [6.45, 7) is 14.0. The molecule has 1 aromatic carbocycles. The van der Waals surface area contributed by atoms with Gasteiger partial charge in [0.25, 0.3) is 0 Å². The molecule has 0 bridgehead atoms. The lowest BCUT2D eigenvalue weighted by molar-refractivity contribution is 0.0243. The molecule has 0 aromatic heterocycles. The molecule has 0 saturated carbocycles. The monoisotopic (exact) mass is 482 g/mol. The van der Waals surface area contributed by atoms with Gasteiger partial charge in [-0.2, -0.15) is 0 Å². The van der Waals surface area contributed by atoms with Crippen molar-refractivity contribution in [3.8, 4) is 11.5 Å². The van der Waals surface area contributed by atoms with Crippen molar-refractivity contribution in [3.63, 3.8) is 0 Å². The van der Waals surface area contributed by atoms with Gasteiger partial charge in [-0.15, -0.1) is 0 Å². The van der Waals surface area contributed by atoms with E-state index in [4.69, 9.17) is 28.4 Å². The highest BCUT2D eigenvalue weighted by Crippen LogP contribution is 2.31. The fourth-order valence-corrected chi connectivity index (χ4v) is 2.86. The minimum atomic E-state index is -0.634. The van der Waals surface area contributed by atoms with Crippen molar-refractivity contribution < 1.29 is 38.0 Å². The summed E-state index contributed by atoms with van der Waals surface area (Å²) in [6.07, 6.45) is 1.51. The Morgan fingerprint density at radius 1 is 0.676 bits per heavy atom. The molecule has 34 heavy (non-hydrogen) atoms. The topological polar surface area (TPSA) is 89.5 Å². The minimum Gasteiger partial charge on any atom is -0.490 e. The molecule has 2 unspecified atom stereocenters. The summed E-state index contributed by atoms with van der Waals surface area (Å²) < 4.78 is 33.1. The van der Waals surface area contributed by atoms with Crippen molar-refractivity contribution in [1.29, 1.82) is 0 Å². The van der Waals surface area contributed by atoms with Crippen molar-refractivity contribution in [2.75, 3.05) is 40.6 Å². The molecule has 1 rings (SSSR count). The molecular formula is C26H42O8. The fraction of sp³-hybridized carbons (Fsp3) is 0.692. The van der Waals surface area contributed by atoms with E-state index in [-0.39, 0.29) is 48.0 Å². The van der Waals surface area contributed by atoms with Crippen LogP contribution in [0, 0.1) is 11.8 Å². The first-order valence-corrected chi connectivity index (χ1v) is 11.9. The predicted octanol–water partition coefficient (Wildman–Crippen LogP) is 4.92. The lowest BCUT2D eigenvalue weighted by atomic mass is 10.1. The number of methoxy groups -OCH3 is 2. The van der Waals surface area contributed by atoms with E-state index in [0.717, 1.165) is 12.8 Å². The summed E-state index contributed by atoms with van der Waals surface area (Å²) >= 11 is 0. The van der Waals surface area contributed by atoms with Gasteiger partial charge >= 0.3 is 11.9 Å². The van der Waals surface area contributed by atoms with Crippen LogP contribution in [0.25, 0.3) is 0 Å². The van der Waals surface area contributed by atoms with Crippen LogP contribution in [-0.4, -0.2) is 64.8 Å². The Bertz CT molecular complexity index is 700. The van der Waals surface area contributed by atoms with Crippen molar-refractivity contribution in [3.05, 3.63) is 23.3 Å². The van der Waals surface area contributed by atoms with E-state index >= 15 is 0 Å². The van der Waals surface area contributed by atoms with E-state index in [0.29, 0.717) is 25.0 Å². The van der Waals surface area contributed by atoms with Gasteiger partial charge < -0.3 is 28.4 Å². The van der Waals surface area contributed by atoms with Crippen LogP contribution in [0.3, 0.4) is 0 Å². The lowest BCUT2D eigenvalue weighted by Crippen LogP contribution is -2.22. The average molecular weight is 483 g/mol. The molecule has 2 atom stereocenters. The fourth-order valence-electron chi connectivity index (χ4n) is 2.86. The van der Waals surface area contributed by atoms with Crippen molar-refractivity contribution >= 4 is 11.9 Å². The zero-order valence-corrected chi connectivity index (χ0v) is 22.0. The molecule has 0 aliphatic heterocycles. The minimum absolute atomic E-state index is 0.103. The third kappa shape index (κ3) is 10.7. The summed E-state index contributed by atoms with van der Waals surface area (Å²) in [4.78, 5) is 24.8. The molecule has 194 valence electrons. The Kier molecular flexibility index (Phi) is 13.6. The van der Waals surface area contributed by atoms with E-state index in [1.165, 1.54) is 26.4 Å². The van der Waals surface area contributed by atoms with Gasteiger partial charge in [-0.3, -0.25) is 0 Å². The van der Waals surface area contributed by atoms with E-state index in [2.05, 4.69) is 27.7 Å². The summed E-state index contributed by atoms with van der Waals surface area (Å²) in [6, 6.07) is 2.89. The molecule has 0 aliphatic rings. The standard InChI is InChI=1S/C26H42O8/c1-17(2)9-11-31-19(5)15-33-23-14-24(34-16-20(6)32-12-10-18(3)4)22(26(28)30-8)13-21(23)25(27)29-7/h13-14,17-20H,9-12,15-16H2,1-8H3. The van der Waals surface area contributed by atoms with Crippen molar-refractivity contribution in [1.82, 2.24) is 0 Å². The molecule has 0 spiro atoms. The molecule has 1 aromatic rings. The first-order valence-electron chi connectivity index (χ1n) is 11.9. The zero-order chi connectivity index (χ0) is 25.7. The second kappa shape index (κ2) is 15.6. The maximum Gasteiger partial charge on any atom is 0.341 e. The number of rotatable bonds is 16. The second-order valence-electron chi connectivity index (χ2n) is 9.18. The normalized spacial score (nSPS) is 13.0. The van der Waals surface area contributed by atoms with Gasteiger partial charge in [-0.25, -0.2) is 9.59 Å². The number of esters is 2. The quantitative estimate of drug-likeness (QED) is 0.307. The van der Waals surface area contributed by atoms with Gasteiger partial charge in [0.1, 0.15) is 35.8 Å². The molecule has 0 aliphatic carbocycles. The van der Waals surface area contributed by atoms with Crippen molar-refractivity contribution in [2.24, 2.45) is 11.8 Å². The molecule has 0 amide bonds. The Balaban J connectivity index is 3.04. The molecule has 0 fully saturated rings. The summed E-state index contributed by atoms with van der Waals surface area (Å²) in [5.74, 6) is 0.294. The zero-order valence-electron chi connectivity index (χ0n) is 22.0. The first kappa shape index (κ1) is 29.7. The molecule has 0 heterocycles. The molecule has 8 heteroatoms.